The van der Waals surface area contributed by atoms with E-state index in [0.717, 1.165) is 43.8 Å². The van der Waals surface area contributed by atoms with Gasteiger partial charge in [0.15, 0.2) is 0 Å². The van der Waals surface area contributed by atoms with Gasteiger partial charge in [0.2, 0.25) is 5.91 Å². The smallest absolute Gasteiger partial charge is 0.253 e. The van der Waals surface area contributed by atoms with Gasteiger partial charge in [-0.15, -0.1) is 23.7 Å². The molecule has 2 saturated heterocycles. The fourth-order valence-electron chi connectivity index (χ4n) is 3.87. The maximum absolute atomic E-state index is 13.0. The van der Waals surface area contributed by atoms with Crippen molar-refractivity contribution in [3.05, 3.63) is 17.0 Å². The second kappa shape index (κ2) is 9.01. The predicted molar refractivity (Wildman–Crippen MR) is 106 cm³/mol. The Morgan fingerprint density at radius 3 is 2.65 bits per heavy atom. The second-order valence-electron chi connectivity index (χ2n) is 6.99. The first-order chi connectivity index (χ1) is 11.9. The molecule has 1 N–H and O–H groups in total. The number of carbonyl (C=O) groups is 1. The normalized spacial score (nSPS) is 24.5. The summed E-state index contributed by atoms with van der Waals surface area (Å²) < 4.78 is 27.7. The lowest BCUT2D eigenvalue weighted by Gasteiger charge is -2.35. The summed E-state index contributed by atoms with van der Waals surface area (Å²) in [5.41, 5.74) is 0. The summed E-state index contributed by atoms with van der Waals surface area (Å²) in [4.78, 5) is 15.9. The Bertz CT molecular complexity index is 721. The van der Waals surface area contributed by atoms with Crippen LogP contribution in [0.2, 0.25) is 0 Å². The van der Waals surface area contributed by atoms with Crippen molar-refractivity contribution in [3.63, 3.8) is 0 Å². The molecule has 0 aromatic carbocycles. The highest BCUT2D eigenvalue weighted by Crippen LogP contribution is 2.31. The first-order valence-corrected chi connectivity index (χ1v) is 11.2. The number of carbonyl (C=O) groups excluding carboxylic acids is 1. The Balaban J connectivity index is 0.00000243. The van der Waals surface area contributed by atoms with Crippen molar-refractivity contribution in [1.82, 2.24) is 14.5 Å². The minimum Gasteiger partial charge on any atom is -0.341 e. The summed E-state index contributed by atoms with van der Waals surface area (Å²) in [5.74, 6) is 0.435. The number of thiophene rings is 1. The SMILES string of the molecule is CNCC1CCCN(C(=O)C2CCCN2S(=O)(=O)c2ccc(C)s2)C1.Cl. The van der Waals surface area contributed by atoms with Crippen LogP contribution in [-0.2, 0) is 14.8 Å². The molecule has 2 aliphatic heterocycles. The highest BCUT2D eigenvalue weighted by atomic mass is 35.5. The van der Waals surface area contributed by atoms with Crippen molar-refractivity contribution in [2.24, 2.45) is 5.92 Å². The van der Waals surface area contributed by atoms with Crippen molar-refractivity contribution < 1.29 is 13.2 Å². The van der Waals surface area contributed by atoms with Gasteiger partial charge >= 0.3 is 0 Å². The molecule has 0 spiro atoms. The van der Waals surface area contributed by atoms with E-state index in [4.69, 9.17) is 0 Å². The molecule has 0 aliphatic carbocycles. The Morgan fingerprint density at radius 2 is 2.00 bits per heavy atom. The summed E-state index contributed by atoms with van der Waals surface area (Å²) in [6.07, 6.45) is 3.47. The molecule has 0 bridgehead atoms. The van der Waals surface area contributed by atoms with Crippen molar-refractivity contribution in [3.8, 4) is 0 Å². The molecule has 26 heavy (non-hydrogen) atoms. The summed E-state index contributed by atoms with van der Waals surface area (Å²) in [6, 6.07) is 2.93. The van der Waals surface area contributed by atoms with Crippen LogP contribution in [0, 0.1) is 12.8 Å². The summed E-state index contributed by atoms with van der Waals surface area (Å²) >= 11 is 1.28. The number of hydrogen-bond acceptors (Lipinski definition) is 5. The van der Waals surface area contributed by atoms with E-state index in [2.05, 4.69) is 5.32 Å². The molecule has 0 saturated carbocycles. The number of piperidine rings is 1. The average Bonchev–Trinajstić information content (AvgIpc) is 3.24. The molecule has 2 atom stereocenters. The molecule has 2 aliphatic rings. The maximum Gasteiger partial charge on any atom is 0.253 e. The fourth-order valence-corrected chi connectivity index (χ4v) is 6.94. The van der Waals surface area contributed by atoms with E-state index in [-0.39, 0.29) is 18.3 Å². The molecule has 3 rings (SSSR count). The Hall–Kier alpha value is -0.670. The lowest BCUT2D eigenvalue weighted by Crippen LogP contribution is -2.51. The number of aryl methyl sites for hydroxylation is 1. The molecular formula is C17H28ClN3O3S2. The minimum atomic E-state index is -3.58. The number of sulfonamides is 1. The monoisotopic (exact) mass is 421 g/mol. The molecule has 6 nitrogen and oxygen atoms in total. The second-order valence-corrected chi connectivity index (χ2v) is 10.4. The third-order valence-corrected chi connectivity index (χ3v) is 8.47. The van der Waals surface area contributed by atoms with Gasteiger partial charge in [-0.2, -0.15) is 4.31 Å². The van der Waals surface area contributed by atoms with Gasteiger partial charge in [-0.3, -0.25) is 4.79 Å². The van der Waals surface area contributed by atoms with E-state index in [0.29, 0.717) is 23.1 Å². The Morgan fingerprint density at radius 1 is 1.27 bits per heavy atom. The highest BCUT2D eigenvalue weighted by Gasteiger charge is 2.42. The van der Waals surface area contributed by atoms with Crippen molar-refractivity contribution in [2.45, 2.75) is 42.9 Å². The summed E-state index contributed by atoms with van der Waals surface area (Å²) in [7, 11) is -1.66. The summed E-state index contributed by atoms with van der Waals surface area (Å²) in [5, 5.41) is 3.18. The van der Waals surface area contributed by atoms with Gasteiger partial charge in [0, 0.05) is 24.5 Å². The molecule has 148 valence electrons. The van der Waals surface area contributed by atoms with Crippen LogP contribution in [0.5, 0.6) is 0 Å². The lowest BCUT2D eigenvalue weighted by molar-refractivity contribution is -0.136. The number of amides is 1. The van der Waals surface area contributed by atoms with Gasteiger partial charge in [0.25, 0.3) is 10.0 Å². The van der Waals surface area contributed by atoms with Gasteiger partial charge < -0.3 is 10.2 Å². The van der Waals surface area contributed by atoms with Crippen LogP contribution < -0.4 is 5.32 Å². The lowest BCUT2D eigenvalue weighted by atomic mass is 9.97. The molecule has 2 fully saturated rings. The van der Waals surface area contributed by atoms with Crippen molar-refractivity contribution in [2.75, 3.05) is 33.2 Å². The standard InChI is InChI=1S/C17H27N3O3S2.ClH/c1-13-7-8-16(24-13)25(22,23)20-10-4-6-15(20)17(21)19-9-3-5-14(12-19)11-18-2;/h7-8,14-15,18H,3-6,9-12H2,1-2H3;1H. The molecule has 2 unspecified atom stereocenters. The van der Waals surface area contributed by atoms with Crippen LogP contribution in [-0.4, -0.2) is 62.8 Å². The fraction of sp³-hybridized carbons (Fsp3) is 0.706. The molecule has 0 radical (unpaired) electrons. The van der Waals surface area contributed by atoms with E-state index in [1.54, 1.807) is 6.07 Å². The highest BCUT2D eigenvalue weighted by molar-refractivity contribution is 7.91. The number of hydrogen-bond donors (Lipinski definition) is 1. The number of halogens is 1. The topological polar surface area (TPSA) is 69.7 Å². The van der Waals surface area contributed by atoms with Crippen LogP contribution in [0.15, 0.2) is 16.3 Å². The zero-order chi connectivity index (χ0) is 18.0. The van der Waals surface area contributed by atoms with Crippen LogP contribution in [0.25, 0.3) is 0 Å². The van der Waals surface area contributed by atoms with Crippen LogP contribution in [0.1, 0.15) is 30.6 Å². The number of rotatable bonds is 5. The zero-order valence-corrected chi connectivity index (χ0v) is 17.8. The van der Waals surface area contributed by atoms with E-state index in [1.165, 1.54) is 15.6 Å². The number of likely N-dealkylation sites (tertiary alicyclic amines) is 1. The zero-order valence-electron chi connectivity index (χ0n) is 15.3. The third kappa shape index (κ3) is 4.42. The minimum absolute atomic E-state index is 0. The van der Waals surface area contributed by atoms with Crippen molar-refractivity contribution >= 4 is 39.7 Å². The quantitative estimate of drug-likeness (QED) is 0.790. The molecule has 1 aromatic rings. The first kappa shape index (κ1) is 21.6. The van der Waals surface area contributed by atoms with Crippen LogP contribution in [0.3, 0.4) is 0 Å². The molecule has 1 aromatic heterocycles. The number of nitrogens with zero attached hydrogens (tertiary/aromatic N) is 2. The van der Waals surface area contributed by atoms with Gasteiger partial charge in [-0.05, 0) is 64.3 Å². The van der Waals surface area contributed by atoms with Crippen LogP contribution in [0.4, 0.5) is 0 Å². The van der Waals surface area contributed by atoms with E-state index in [9.17, 15) is 13.2 Å². The Kier molecular flexibility index (Phi) is 7.50. The maximum atomic E-state index is 13.0. The van der Waals surface area contributed by atoms with Gasteiger partial charge in [0.05, 0.1) is 0 Å². The molecule has 1 amide bonds. The van der Waals surface area contributed by atoms with E-state index < -0.39 is 16.1 Å². The summed E-state index contributed by atoms with van der Waals surface area (Å²) in [6.45, 7) is 4.68. The number of nitrogens with one attached hydrogen (secondary N) is 1. The molecule has 9 heteroatoms. The average molecular weight is 422 g/mol. The van der Waals surface area contributed by atoms with Crippen molar-refractivity contribution in [1.29, 1.82) is 0 Å². The third-order valence-electron chi connectivity index (χ3n) is 5.09. The predicted octanol–water partition coefficient (Wildman–Crippen LogP) is 2.09. The van der Waals surface area contributed by atoms with E-state index in [1.807, 2.05) is 24.9 Å². The largest absolute Gasteiger partial charge is 0.341 e. The first-order valence-electron chi connectivity index (χ1n) is 8.95. The van der Waals surface area contributed by atoms with Gasteiger partial charge in [-0.25, -0.2) is 8.42 Å². The molecular weight excluding hydrogens is 394 g/mol. The van der Waals surface area contributed by atoms with Gasteiger partial charge in [0.1, 0.15) is 10.3 Å². The van der Waals surface area contributed by atoms with Crippen LogP contribution >= 0.6 is 23.7 Å². The Labute approximate surface area is 166 Å². The van der Waals surface area contributed by atoms with Gasteiger partial charge in [-0.1, -0.05) is 0 Å². The molecule has 3 heterocycles. The van der Waals surface area contributed by atoms with E-state index >= 15 is 0 Å².